The smallest absolute Gasteiger partial charge is 0.146 e. The molecule has 3 rings (SSSR count). The van der Waals surface area contributed by atoms with Crippen LogP contribution in [-0.2, 0) is 12.8 Å². The molecule has 0 radical (unpaired) electrons. The van der Waals surface area contributed by atoms with E-state index < -0.39 is 0 Å². The van der Waals surface area contributed by atoms with Gasteiger partial charge in [-0.05, 0) is 55.0 Å². The summed E-state index contributed by atoms with van der Waals surface area (Å²) >= 11 is 0. The molecule has 0 amide bonds. The summed E-state index contributed by atoms with van der Waals surface area (Å²) in [4.78, 5) is 1.63. The molecule has 198 valence electrons. The highest BCUT2D eigenvalue weighted by atomic mass is 16.3. The van der Waals surface area contributed by atoms with E-state index in [4.69, 9.17) is 0 Å². The number of fused-ring (bicyclic) bond motifs is 1. The molecular formula is C32H49N3O. The van der Waals surface area contributed by atoms with Gasteiger partial charge in [0, 0.05) is 0 Å². The first-order valence-electron chi connectivity index (χ1n) is 14.9. The monoisotopic (exact) mass is 491 g/mol. The first-order chi connectivity index (χ1) is 17.7. The van der Waals surface area contributed by atoms with E-state index in [1.54, 1.807) is 4.80 Å². The lowest BCUT2D eigenvalue weighted by Crippen LogP contribution is -2.03. The molecule has 2 aromatic carbocycles. The summed E-state index contributed by atoms with van der Waals surface area (Å²) in [6, 6.07) is 12.2. The molecule has 4 nitrogen and oxygen atoms in total. The van der Waals surface area contributed by atoms with E-state index in [0.29, 0.717) is 5.75 Å². The molecule has 4 heteroatoms. The van der Waals surface area contributed by atoms with Crippen molar-refractivity contribution >= 4 is 11.0 Å². The maximum atomic E-state index is 11.2. The van der Waals surface area contributed by atoms with Crippen molar-refractivity contribution in [3.63, 3.8) is 0 Å². The van der Waals surface area contributed by atoms with Crippen LogP contribution in [0.15, 0.2) is 36.4 Å². The molecular weight excluding hydrogens is 442 g/mol. The van der Waals surface area contributed by atoms with Crippen LogP contribution in [0.1, 0.15) is 128 Å². The van der Waals surface area contributed by atoms with Crippen molar-refractivity contribution in [3.05, 3.63) is 47.5 Å². The second kappa shape index (κ2) is 16.4. The number of aryl methyl sites for hydroxylation is 2. The Balaban J connectivity index is 1.59. The van der Waals surface area contributed by atoms with Crippen LogP contribution in [0.25, 0.3) is 16.7 Å². The topological polar surface area (TPSA) is 50.9 Å². The first-order valence-corrected chi connectivity index (χ1v) is 14.9. The fourth-order valence-electron chi connectivity index (χ4n) is 5.11. The third-order valence-corrected chi connectivity index (χ3v) is 7.35. The van der Waals surface area contributed by atoms with Gasteiger partial charge in [-0.3, -0.25) is 0 Å². The summed E-state index contributed by atoms with van der Waals surface area (Å²) in [5.41, 5.74) is 4.77. The number of rotatable bonds is 19. The number of aromatic hydroxyl groups is 1. The van der Waals surface area contributed by atoms with Gasteiger partial charge in [0.2, 0.25) is 0 Å². The van der Waals surface area contributed by atoms with Crippen LogP contribution >= 0.6 is 0 Å². The molecule has 0 aliphatic rings. The van der Waals surface area contributed by atoms with Crippen molar-refractivity contribution in [1.82, 2.24) is 15.0 Å². The third kappa shape index (κ3) is 9.26. The minimum absolute atomic E-state index is 0.345. The van der Waals surface area contributed by atoms with Gasteiger partial charge >= 0.3 is 0 Å². The Morgan fingerprint density at radius 2 is 1.08 bits per heavy atom. The Hall–Kier alpha value is -2.36. The zero-order chi connectivity index (χ0) is 25.4. The molecule has 0 spiro atoms. The number of unbranched alkanes of at least 4 members (excludes halogenated alkanes) is 14. The van der Waals surface area contributed by atoms with Gasteiger partial charge in [-0.2, -0.15) is 0 Å². The van der Waals surface area contributed by atoms with Gasteiger partial charge in [0.25, 0.3) is 0 Å². The predicted molar refractivity (Wildman–Crippen MR) is 153 cm³/mol. The third-order valence-electron chi connectivity index (χ3n) is 7.35. The first kappa shape index (κ1) is 28.2. The van der Waals surface area contributed by atoms with Crippen molar-refractivity contribution in [2.24, 2.45) is 0 Å². The fraction of sp³-hybridized carbons (Fsp3) is 0.625. The molecule has 1 heterocycles. The summed E-state index contributed by atoms with van der Waals surface area (Å²) in [6.45, 7) is 4.54. The predicted octanol–water partition coefficient (Wildman–Crippen LogP) is 9.49. The number of hydrogen-bond donors (Lipinski definition) is 1. The van der Waals surface area contributed by atoms with Gasteiger partial charge in [0.15, 0.2) is 0 Å². The van der Waals surface area contributed by atoms with Crippen LogP contribution in [0.5, 0.6) is 5.75 Å². The van der Waals surface area contributed by atoms with Crippen LogP contribution in [0.4, 0.5) is 0 Å². The van der Waals surface area contributed by atoms with Crippen molar-refractivity contribution in [2.75, 3.05) is 0 Å². The summed E-state index contributed by atoms with van der Waals surface area (Å²) in [6.07, 6.45) is 22.9. The molecule has 0 fully saturated rings. The van der Waals surface area contributed by atoms with Crippen molar-refractivity contribution < 1.29 is 5.11 Å². The number of phenolic OH excluding ortho intramolecular Hbond substituents is 1. The quantitative estimate of drug-likeness (QED) is 0.170. The SMILES string of the molecule is CCCCCCCCCCCCc1cc(CCCCCCCC)cc(-n2nc3ccccc3n2)c1O. The molecule has 36 heavy (non-hydrogen) atoms. The van der Waals surface area contributed by atoms with Crippen LogP contribution < -0.4 is 0 Å². The summed E-state index contributed by atoms with van der Waals surface area (Å²) in [5, 5.41) is 20.5. The molecule has 0 aliphatic heterocycles. The Labute approximate surface area is 219 Å². The number of hydrogen-bond acceptors (Lipinski definition) is 3. The maximum absolute atomic E-state index is 11.2. The van der Waals surface area contributed by atoms with Crippen molar-refractivity contribution in [3.8, 4) is 11.4 Å². The molecule has 3 aromatic rings. The number of aromatic nitrogens is 3. The number of benzene rings is 2. The van der Waals surface area contributed by atoms with E-state index in [9.17, 15) is 5.11 Å². The maximum Gasteiger partial charge on any atom is 0.146 e. The van der Waals surface area contributed by atoms with Crippen molar-refractivity contribution in [1.29, 1.82) is 0 Å². The lowest BCUT2D eigenvalue weighted by Gasteiger charge is -2.13. The molecule has 0 saturated heterocycles. The molecule has 0 saturated carbocycles. The zero-order valence-electron chi connectivity index (χ0n) is 23.0. The standard InChI is InChI=1S/C32H49N3O/c1-3-5-7-9-11-12-13-14-16-18-22-28-25-27(21-17-15-10-8-6-4-2)26-31(32(28)36)35-33-29-23-19-20-24-30(29)34-35/h19-20,23-26,36H,3-18,21-22H2,1-2H3. The highest BCUT2D eigenvalue weighted by Gasteiger charge is 2.15. The average molecular weight is 492 g/mol. The highest BCUT2D eigenvalue weighted by Crippen LogP contribution is 2.30. The second-order valence-electron chi connectivity index (χ2n) is 10.6. The van der Waals surface area contributed by atoms with E-state index >= 15 is 0 Å². The van der Waals surface area contributed by atoms with Gasteiger partial charge in [-0.25, -0.2) is 0 Å². The summed E-state index contributed by atoms with van der Waals surface area (Å²) in [5.74, 6) is 0.345. The van der Waals surface area contributed by atoms with E-state index in [1.165, 1.54) is 102 Å². The van der Waals surface area contributed by atoms with Gasteiger partial charge in [-0.1, -0.05) is 122 Å². The minimum Gasteiger partial charge on any atom is -0.505 e. The molecule has 0 aliphatic carbocycles. The lowest BCUT2D eigenvalue weighted by atomic mass is 9.98. The minimum atomic E-state index is 0.345. The Morgan fingerprint density at radius 3 is 1.61 bits per heavy atom. The number of nitrogens with zero attached hydrogens (tertiary/aromatic N) is 3. The summed E-state index contributed by atoms with van der Waals surface area (Å²) in [7, 11) is 0. The van der Waals surface area contributed by atoms with Gasteiger partial charge in [0.05, 0.1) is 0 Å². The number of phenols is 1. The van der Waals surface area contributed by atoms with Gasteiger partial charge in [-0.15, -0.1) is 15.0 Å². The van der Waals surface area contributed by atoms with Crippen LogP contribution in [0, 0.1) is 0 Å². The Kier molecular flexibility index (Phi) is 12.9. The molecule has 1 N–H and O–H groups in total. The molecule has 0 bridgehead atoms. The Bertz CT molecular complexity index is 977. The highest BCUT2D eigenvalue weighted by molar-refractivity contribution is 5.73. The zero-order valence-corrected chi connectivity index (χ0v) is 23.0. The van der Waals surface area contributed by atoms with Crippen molar-refractivity contribution in [2.45, 2.75) is 129 Å². The van der Waals surface area contributed by atoms with Crippen LogP contribution in [-0.4, -0.2) is 20.1 Å². The second-order valence-corrected chi connectivity index (χ2v) is 10.6. The van der Waals surface area contributed by atoms with Gasteiger partial charge in [0.1, 0.15) is 22.5 Å². The van der Waals surface area contributed by atoms with E-state index in [2.05, 4.69) is 36.2 Å². The largest absolute Gasteiger partial charge is 0.505 e. The van der Waals surface area contributed by atoms with Gasteiger partial charge < -0.3 is 5.11 Å². The molecule has 1 aromatic heterocycles. The van der Waals surface area contributed by atoms with E-state index in [0.717, 1.165) is 41.5 Å². The van der Waals surface area contributed by atoms with Crippen LogP contribution in [0.3, 0.4) is 0 Å². The van der Waals surface area contributed by atoms with E-state index in [1.807, 2.05) is 24.3 Å². The normalized spacial score (nSPS) is 11.5. The lowest BCUT2D eigenvalue weighted by molar-refractivity contribution is 0.458. The van der Waals surface area contributed by atoms with Crippen LogP contribution in [0.2, 0.25) is 0 Å². The molecule has 0 unspecified atom stereocenters. The molecule has 0 atom stereocenters. The Morgan fingerprint density at radius 1 is 0.611 bits per heavy atom. The van der Waals surface area contributed by atoms with E-state index in [-0.39, 0.29) is 0 Å². The summed E-state index contributed by atoms with van der Waals surface area (Å²) < 4.78 is 0. The fourth-order valence-corrected chi connectivity index (χ4v) is 5.11. The average Bonchev–Trinajstić information content (AvgIpc) is 3.32.